The molecule has 1 rings (SSSR count). The van der Waals surface area contributed by atoms with Crippen LogP contribution in [0.2, 0.25) is 0 Å². The lowest BCUT2D eigenvalue weighted by molar-refractivity contribution is 0.234. The molecule has 0 radical (unpaired) electrons. The fraction of sp³-hybridized carbons (Fsp3) is 0.941. The number of nitrogens with one attached hydrogen (secondary N) is 2. The molecule has 118 valence electrons. The maximum absolute atomic E-state index is 11.8. The number of hydrogen-bond donors (Lipinski definition) is 2. The van der Waals surface area contributed by atoms with Gasteiger partial charge in [0.25, 0.3) is 0 Å². The third-order valence-electron chi connectivity index (χ3n) is 4.23. The summed E-state index contributed by atoms with van der Waals surface area (Å²) >= 11 is 0. The molecule has 2 N–H and O–H groups in total. The molecule has 0 aromatic rings. The fourth-order valence-electron chi connectivity index (χ4n) is 2.96. The van der Waals surface area contributed by atoms with Crippen LogP contribution in [0.15, 0.2) is 0 Å². The predicted octanol–water partition coefficient (Wildman–Crippen LogP) is 4.76. The average molecular weight is 282 g/mol. The smallest absolute Gasteiger partial charge is 0.315 e. The standard InChI is InChI=1S/C17H34N2O/c1-2-15-18-17(20)19-16-13-11-9-7-5-3-4-6-8-10-12-14-16/h16H,2-15H2,1H3,(H2,18,19,20). The monoisotopic (exact) mass is 282 g/mol. The average Bonchev–Trinajstić information content (AvgIpc) is 2.47. The summed E-state index contributed by atoms with van der Waals surface area (Å²) in [5, 5.41) is 6.10. The Labute approximate surface area is 125 Å². The zero-order chi connectivity index (χ0) is 14.5. The second-order valence-electron chi connectivity index (χ2n) is 6.21. The van der Waals surface area contributed by atoms with Crippen LogP contribution in [0.4, 0.5) is 4.79 Å². The first kappa shape index (κ1) is 17.3. The topological polar surface area (TPSA) is 41.1 Å². The van der Waals surface area contributed by atoms with Crippen molar-refractivity contribution in [3.63, 3.8) is 0 Å². The molecule has 0 bridgehead atoms. The molecule has 1 saturated carbocycles. The van der Waals surface area contributed by atoms with E-state index in [-0.39, 0.29) is 6.03 Å². The maximum atomic E-state index is 11.8. The van der Waals surface area contributed by atoms with Gasteiger partial charge in [-0.05, 0) is 19.3 Å². The van der Waals surface area contributed by atoms with E-state index < -0.39 is 0 Å². The summed E-state index contributed by atoms with van der Waals surface area (Å²) < 4.78 is 0. The molecule has 3 heteroatoms. The van der Waals surface area contributed by atoms with Crippen LogP contribution < -0.4 is 10.6 Å². The Morgan fingerprint density at radius 3 is 1.75 bits per heavy atom. The van der Waals surface area contributed by atoms with E-state index in [9.17, 15) is 4.79 Å². The van der Waals surface area contributed by atoms with E-state index in [0.29, 0.717) is 6.04 Å². The number of amides is 2. The van der Waals surface area contributed by atoms with Crippen molar-refractivity contribution in [2.75, 3.05) is 6.54 Å². The van der Waals surface area contributed by atoms with Crippen LogP contribution in [0.25, 0.3) is 0 Å². The van der Waals surface area contributed by atoms with E-state index in [0.717, 1.165) is 25.8 Å². The minimum absolute atomic E-state index is 0.0289. The minimum atomic E-state index is 0.0289. The van der Waals surface area contributed by atoms with Gasteiger partial charge >= 0.3 is 6.03 Å². The van der Waals surface area contributed by atoms with E-state index in [1.807, 2.05) is 0 Å². The zero-order valence-corrected chi connectivity index (χ0v) is 13.4. The van der Waals surface area contributed by atoms with Gasteiger partial charge in [-0.15, -0.1) is 0 Å². The highest BCUT2D eigenvalue weighted by Crippen LogP contribution is 2.16. The third kappa shape index (κ3) is 9.22. The summed E-state index contributed by atoms with van der Waals surface area (Å²) in [4.78, 5) is 11.8. The van der Waals surface area contributed by atoms with Crippen LogP contribution in [-0.4, -0.2) is 18.6 Å². The van der Waals surface area contributed by atoms with E-state index in [2.05, 4.69) is 17.6 Å². The molecule has 0 aliphatic heterocycles. The van der Waals surface area contributed by atoms with Crippen LogP contribution in [-0.2, 0) is 0 Å². The van der Waals surface area contributed by atoms with E-state index in [1.54, 1.807) is 0 Å². The second-order valence-corrected chi connectivity index (χ2v) is 6.21. The molecule has 3 nitrogen and oxygen atoms in total. The van der Waals surface area contributed by atoms with Crippen molar-refractivity contribution in [3.05, 3.63) is 0 Å². The Balaban J connectivity index is 2.29. The molecule has 20 heavy (non-hydrogen) atoms. The maximum Gasteiger partial charge on any atom is 0.315 e. The lowest BCUT2D eigenvalue weighted by Crippen LogP contribution is -2.42. The molecule has 0 unspecified atom stereocenters. The normalized spacial score (nSPS) is 20.2. The number of urea groups is 1. The van der Waals surface area contributed by atoms with Crippen molar-refractivity contribution in [2.45, 2.75) is 96.4 Å². The van der Waals surface area contributed by atoms with Gasteiger partial charge in [0.2, 0.25) is 0 Å². The largest absolute Gasteiger partial charge is 0.338 e. The molecule has 2 amide bonds. The predicted molar refractivity (Wildman–Crippen MR) is 86.0 cm³/mol. The van der Waals surface area contributed by atoms with Crippen molar-refractivity contribution in [2.24, 2.45) is 0 Å². The van der Waals surface area contributed by atoms with Crippen LogP contribution in [0, 0.1) is 0 Å². The van der Waals surface area contributed by atoms with Gasteiger partial charge in [0.1, 0.15) is 0 Å². The van der Waals surface area contributed by atoms with Gasteiger partial charge in [-0.25, -0.2) is 4.79 Å². The molecule has 0 spiro atoms. The second kappa shape index (κ2) is 12.0. The SMILES string of the molecule is CCCNC(=O)NC1CCCCCCCCCCCC1. The number of hydrogen-bond acceptors (Lipinski definition) is 1. The Hall–Kier alpha value is -0.730. The summed E-state index contributed by atoms with van der Waals surface area (Å²) in [7, 11) is 0. The van der Waals surface area contributed by atoms with Crippen molar-refractivity contribution < 1.29 is 4.79 Å². The van der Waals surface area contributed by atoms with Crippen LogP contribution >= 0.6 is 0 Å². The molecule has 1 aliphatic rings. The molecule has 0 atom stereocenters. The summed E-state index contributed by atoms with van der Waals surface area (Å²) in [6.07, 6.45) is 16.9. The first-order valence-electron chi connectivity index (χ1n) is 8.87. The number of rotatable bonds is 3. The van der Waals surface area contributed by atoms with Gasteiger partial charge in [-0.3, -0.25) is 0 Å². The number of carbonyl (C=O) groups excluding carboxylic acids is 1. The van der Waals surface area contributed by atoms with Crippen LogP contribution in [0.1, 0.15) is 90.4 Å². The number of carbonyl (C=O) groups is 1. The van der Waals surface area contributed by atoms with Gasteiger partial charge in [0.15, 0.2) is 0 Å². The van der Waals surface area contributed by atoms with Gasteiger partial charge in [0.05, 0.1) is 0 Å². The fourth-order valence-corrected chi connectivity index (χ4v) is 2.96. The van der Waals surface area contributed by atoms with Gasteiger partial charge in [-0.2, -0.15) is 0 Å². The summed E-state index contributed by atoms with van der Waals surface area (Å²) in [6, 6.07) is 0.411. The first-order chi connectivity index (χ1) is 9.83. The van der Waals surface area contributed by atoms with Crippen molar-refractivity contribution in [1.82, 2.24) is 10.6 Å². The Bertz CT molecular complexity index is 229. The summed E-state index contributed by atoms with van der Waals surface area (Å²) in [5.74, 6) is 0. The summed E-state index contributed by atoms with van der Waals surface area (Å²) in [5.41, 5.74) is 0. The molecule has 0 aromatic heterocycles. The Morgan fingerprint density at radius 1 is 0.850 bits per heavy atom. The molecule has 0 saturated heterocycles. The van der Waals surface area contributed by atoms with Gasteiger partial charge in [-0.1, -0.05) is 71.1 Å². The van der Waals surface area contributed by atoms with Crippen molar-refractivity contribution in [3.8, 4) is 0 Å². The highest BCUT2D eigenvalue weighted by molar-refractivity contribution is 5.74. The first-order valence-corrected chi connectivity index (χ1v) is 8.87. The van der Waals surface area contributed by atoms with Crippen molar-refractivity contribution >= 4 is 6.03 Å². The van der Waals surface area contributed by atoms with Crippen molar-refractivity contribution in [1.29, 1.82) is 0 Å². The molecule has 0 heterocycles. The van der Waals surface area contributed by atoms with Gasteiger partial charge < -0.3 is 10.6 Å². The third-order valence-corrected chi connectivity index (χ3v) is 4.23. The van der Waals surface area contributed by atoms with Crippen LogP contribution in [0.5, 0.6) is 0 Å². The highest BCUT2D eigenvalue weighted by atomic mass is 16.2. The Morgan fingerprint density at radius 2 is 1.30 bits per heavy atom. The zero-order valence-electron chi connectivity index (χ0n) is 13.4. The van der Waals surface area contributed by atoms with Gasteiger partial charge in [0, 0.05) is 12.6 Å². The lowest BCUT2D eigenvalue weighted by atomic mass is 10.0. The van der Waals surface area contributed by atoms with Crippen LogP contribution in [0.3, 0.4) is 0 Å². The lowest BCUT2D eigenvalue weighted by Gasteiger charge is -2.19. The quantitative estimate of drug-likeness (QED) is 0.770. The minimum Gasteiger partial charge on any atom is -0.338 e. The molecular weight excluding hydrogens is 248 g/mol. The molecule has 1 aliphatic carbocycles. The summed E-state index contributed by atoms with van der Waals surface area (Å²) in [6.45, 7) is 2.86. The molecule has 0 aromatic carbocycles. The van der Waals surface area contributed by atoms with E-state index in [1.165, 1.54) is 64.2 Å². The highest BCUT2D eigenvalue weighted by Gasteiger charge is 2.11. The van der Waals surface area contributed by atoms with E-state index in [4.69, 9.17) is 0 Å². The Kier molecular flexibility index (Phi) is 10.4. The molecule has 1 fully saturated rings. The molecular formula is C17H34N2O. The van der Waals surface area contributed by atoms with E-state index >= 15 is 0 Å².